The molecule has 0 atom stereocenters. The average molecular weight is 363 g/mol. The van der Waals surface area contributed by atoms with Gasteiger partial charge in [0.05, 0.1) is 18.6 Å². The third kappa shape index (κ3) is 2.75. The van der Waals surface area contributed by atoms with E-state index in [-0.39, 0.29) is 11.3 Å². The molecule has 2 aromatic rings. The van der Waals surface area contributed by atoms with E-state index in [4.69, 9.17) is 9.15 Å². The van der Waals surface area contributed by atoms with Crippen LogP contribution in [0, 0.1) is 0 Å². The summed E-state index contributed by atoms with van der Waals surface area (Å²) in [4.78, 5) is 12.7. The number of halogens is 3. The lowest BCUT2D eigenvalue weighted by Gasteiger charge is -2.27. The van der Waals surface area contributed by atoms with Gasteiger partial charge in [0.15, 0.2) is 16.9 Å². The van der Waals surface area contributed by atoms with Gasteiger partial charge in [0.25, 0.3) is 9.84 Å². The molecule has 0 bridgehead atoms. The molecule has 0 amide bonds. The highest BCUT2D eigenvalue weighted by molar-refractivity contribution is 7.92. The van der Waals surface area contributed by atoms with Crippen LogP contribution in [0.4, 0.5) is 19.1 Å². The van der Waals surface area contributed by atoms with Gasteiger partial charge in [-0.15, -0.1) is 0 Å². The first-order valence-corrected chi connectivity index (χ1v) is 8.41. The van der Waals surface area contributed by atoms with Gasteiger partial charge in [-0.25, -0.2) is 8.42 Å². The summed E-state index contributed by atoms with van der Waals surface area (Å²) < 4.78 is 72.6. The number of hydrogen-bond acceptors (Lipinski definition) is 6. The van der Waals surface area contributed by atoms with Crippen LogP contribution in [0.1, 0.15) is 0 Å². The van der Waals surface area contributed by atoms with Crippen molar-refractivity contribution in [1.82, 2.24) is 0 Å². The quantitative estimate of drug-likeness (QED) is 0.811. The molecule has 1 saturated heterocycles. The van der Waals surface area contributed by atoms with Crippen LogP contribution in [-0.2, 0) is 14.6 Å². The monoisotopic (exact) mass is 363 g/mol. The lowest BCUT2D eigenvalue weighted by Crippen LogP contribution is -2.36. The lowest BCUT2D eigenvalue weighted by molar-refractivity contribution is -0.0435. The largest absolute Gasteiger partial charge is 0.502 e. The molecule has 0 N–H and O–H groups in total. The van der Waals surface area contributed by atoms with Gasteiger partial charge < -0.3 is 14.1 Å². The second kappa shape index (κ2) is 5.78. The molecule has 1 fully saturated rings. The van der Waals surface area contributed by atoms with E-state index >= 15 is 0 Å². The topological polar surface area (TPSA) is 76.8 Å². The first kappa shape index (κ1) is 16.8. The Morgan fingerprint density at radius 3 is 2.42 bits per heavy atom. The van der Waals surface area contributed by atoms with Gasteiger partial charge in [-0.3, -0.25) is 4.79 Å². The third-order valence-electron chi connectivity index (χ3n) is 3.62. The molecule has 1 aliphatic heterocycles. The molecule has 6 nitrogen and oxygen atoms in total. The summed E-state index contributed by atoms with van der Waals surface area (Å²) >= 11 is 0. The molecule has 0 spiro atoms. The molecular formula is C14H12F3NO5S. The number of alkyl halides is 3. The molecule has 1 aliphatic rings. The first-order valence-electron chi connectivity index (χ1n) is 6.93. The second-order valence-corrected chi connectivity index (χ2v) is 7.04. The first-order chi connectivity index (χ1) is 11.2. The number of benzene rings is 1. The van der Waals surface area contributed by atoms with E-state index in [0.29, 0.717) is 26.3 Å². The van der Waals surface area contributed by atoms with Gasteiger partial charge >= 0.3 is 5.51 Å². The van der Waals surface area contributed by atoms with E-state index in [1.54, 1.807) is 4.90 Å². The summed E-state index contributed by atoms with van der Waals surface area (Å²) in [6.45, 7) is 1.49. The zero-order valence-corrected chi connectivity index (χ0v) is 13.0. The zero-order valence-electron chi connectivity index (χ0n) is 12.2. The summed E-state index contributed by atoms with van der Waals surface area (Å²) in [6, 6.07) is 4.21. The van der Waals surface area contributed by atoms with Crippen molar-refractivity contribution in [2.75, 3.05) is 31.2 Å². The average Bonchev–Trinajstić information content (AvgIpc) is 2.54. The molecule has 10 heteroatoms. The van der Waals surface area contributed by atoms with Crippen LogP contribution in [0.3, 0.4) is 0 Å². The fourth-order valence-corrected chi connectivity index (χ4v) is 3.32. The Bertz CT molecular complexity index is 930. The van der Waals surface area contributed by atoms with Crippen molar-refractivity contribution in [2.45, 2.75) is 10.4 Å². The van der Waals surface area contributed by atoms with Crippen LogP contribution in [-0.4, -0.2) is 40.2 Å². The Hall–Kier alpha value is -2.07. The number of fused-ring (bicyclic) bond motifs is 1. The van der Waals surface area contributed by atoms with E-state index in [1.165, 1.54) is 6.07 Å². The van der Waals surface area contributed by atoms with E-state index in [0.717, 1.165) is 18.2 Å². The number of rotatable bonds is 2. The van der Waals surface area contributed by atoms with Crippen molar-refractivity contribution in [3.63, 3.8) is 0 Å². The van der Waals surface area contributed by atoms with Crippen molar-refractivity contribution in [2.24, 2.45) is 0 Å². The number of para-hydroxylation sites is 1. The van der Waals surface area contributed by atoms with Crippen molar-refractivity contribution in [3.8, 4) is 0 Å². The van der Waals surface area contributed by atoms with E-state index in [1.807, 2.05) is 0 Å². The van der Waals surface area contributed by atoms with E-state index < -0.39 is 31.3 Å². The number of ether oxygens (including phenoxy) is 1. The minimum absolute atomic E-state index is 0.0145. The molecule has 2 heterocycles. The molecule has 1 aromatic heterocycles. The van der Waals surface area contributed by atoms with Crippen LogP contribution in [0.15, 0.2) is 38.4 Å². The minimum atomic E-state index is -5.64. The highest BCUT2D eigenvalue weighted by atomic mass is 32.2. The number of hydrogen-bond donors (Lipinski definition) is 0. The molecule has 3 rings (SSSR count). The number of anilines is 1. The maximum atomic E-state index is 12.9. The molecule has 0 saturated carbocycles. The van der Waals surface area contributed by atoms with Crippen LogP contribution in [0.2, 0.25) is 0 Å². The molecule has 0 aliphatic carbocycles. The Morgan fingerprint density at radius 2 is 1.79 bits per heavy atom. The lowest BCUT2D eigenvalue weighted by atomic mass is 10.2. The molecule has 0 radical (unpaired) electrons. The van der Waals surface area contributed by atoms with Gasteiger partial charge in [-0.2, -0.15) is 13.2 Å². The summed E-state index contributed by atoms with van der Waals surface area (Å²) in [6.07, 6.45) is 0. The van der Waals surface area contributed by atoms with Gasteiger partial charge in [0.1, 0.15) is 4.90 Å². The molecule has 1 aromatic carbocycles. The third-order valence-corrected chi connectivity index (χ3v) is 5.13. The summed E-state index contributed by atoms with van der Waals surface area (Å²) in [5, 5.41) is -0.225. The Labute approximate surface area is 134 Å². The summed E-state index contributed by atoms with van der Waals surface area (Å²) in [5.74, 6) is 0.0145. The van der Waals surface area contributed by atoms with Crippen LogP contribution in [0.25, 0.3) is 11.0 Å². The second-order valence-electron chi connectivity index (χ2n) is 5.13. The molecule has 130 valence electrons. The molecule has 0 unspecified atom stereocenters. The number of nitrogens with zero attached hydrogens (tertiary/aromatic N) is 1. The summed E-state index contributed by atoms with van der Waals surface area (Å²) in [5.41, 5.74) is -6.70. The number of sulfone groups is 1. The molecule has 24 heavy (non-hydrogen) atoms. The van der Waals surface area contributed by atoms with Crippen LogP contribution in [0.5, 0.6) is 0 Å². The maximum Gasteiger partial charge on any atom is 0.502 e. The van der Waals surface area contributed by atoms with Gasteiger partial charge in [-0.05, 0) is 12.1 Å². The van der Waals surface area contributed by atoms with Crippen LogP contribution >= 0.6 is 0 Å². The fourth-order valence-electron chi connectivity index (χ4n) is 2.41. The zero-order chi connectivity index (χ0) is 17.5. The minimum Gasteiger partial charge on any atom is -0.439 e. The predicted molar refractivity (Wildman–Crippen MR) is 78.8 cm³/mol. The van der Waals surface area contributed by atoms with E-state index in [2.05, 4.69) is 0 Å². The summed E-state index contributed by atoms with van der Waals surface area (Å²) in [7, 11) is -5.64. The highest BCUT2D eigenvalue weighted by Gasteiger charge is 2.48. The fraction of sp³-hybridized carbons (Fsp3) is 0.357. The standard InChI is InChI=1S/C14H12F3NO5S/c15-14(16,17)24(20,21)11-3-1-2-9-10(19)8-12(23-13(9)11)18-4-6-22-7-5-18/h1-3,8H,4-7H2. The number of morpholine rings is 1. The van der Waals surface area contributed by atoms with Gasteiger partial charge in [0, 0.05) is 19.2 Å². The Balaban J connectivity index is 2.25. The van der Waals surface area contributed by atoms with Crippen molar-refractivity contribution in [1.29, 1.82) is 0 Å². The Kier molecular flexibility index (Phi) is 4.04. The van der Waals surface area contributed by atoms with Gasteiger partial charge in [-0.1, -0.05) is 6.07 Å². The maximum absolute atomic E-state index is 12.9. The SMILES string of the molecule is O=c1cc(N2CCOCC2)oc2c(S(=O)(=O)C(F)(F)F)cccc12. The van der Waals surface area contributed by atoms with Gasteiger partial charge in [0.2, 0.25) is 0 Å². The smallest absolute Gasteiger partial charge is 0.439 e. The normalized spacial score (nSPS) is 16.5. The van der Waals surface area contributed by atoms with Crippen molar-refractivity contribution >= 4 is 26.7 Å². The van der Waals surface area contributed by atoms with E-state index in [9.17, 15) is 26.4 Å². The molecular weight excluding hydrogens is 351 g/mol. The predicted octanol–water partition coefficient (Wildman–Crippen LogP) is 1.92. The van der Waals surface area contributed by atoms with Crippen molar-refractivity contribution in [3.05, 3.63) is 34.5 Å². The van der Waals surface area contributed by atoms with Crippen LogP contribution < -0.4 is 10.3 Å². The highest BCUT2D eigenvalue weighted by Crippen LogP contribution is 2.34. The Morgan fingerprint density at radius 1 is 1.12 bits per heavy atom. The van der Waals surface area contributed by atoms with Crippen molar-refractivity contribution < 1.29 is 30.7 Å².